The number of methoxy groups -OCH3 is 2. The molecule has 1 aliphatic rings. The number of hydrogen-bond acceptors (Lipinski definition) is 9. The Hall–Kier alpha value is -5.29. The van der Waals surface area contributed by atoms with Crippen molar-refractivity contribution in [2.75, 3.05) is 32.8 Å². The molecule has 5 aromatic rings. The van der Waals surface area contributed by atoms with Crippen LogP contribution in [-0.2, 0) is 11.3 Å². The predicted octanol–water partition coefficient (Wildman–Crippen LogP) is 5.65. The van der Waals surface area contributed by atoms with Crippen molar-refractivity contribution in [2.45, 2.75) is 26.3 Å². The van der Waals surface area contributed by atoms with E-state index < -0.39 is 5.91 Å². The molecular weight excluding hydrogens is 574 g/mol. The van der Waals surface area contributed by atoms with Gasteiger partial charge in [0.2, 0.25) is 11.4 Å². The van der Waals surface area contributed by atoms with Crippen LogP contribution in [0.5, 0.6) is 23.0 Å². The summed E-state index contributed by atoms with van der Waals surface area (Å²) in [6, 6.07) is 13.0. The number of nitrogens with zero attached hydrogens (tertiary/aromatic N) is 4. The fourth-order valence-corrected chi connectivity index (χ4v) is 5.33. The number of hydrogen-bond donors (Lipinski definition) is 1. The molecule has 1 saturated heterocycles. The smallest absolute Gasteiger partial charge is 0.263 e. The molecule has 230 valence electrons. The van der Waals surface area contributed by atoms with Crippen LogP contribution in [0, 0.1) is 12.8 Å². The number of pyridine rings is 2. The molecule has 1 aliphatic heterocycles. The van der Waals surface area contributed by atoms with Crippen molar-refractivity contribution < 1.29 is 23.7 Å². The summed E-state index contributed by atoms with van der Waals surface area (Å²) >= 11 is 0. The zero-order valence-corrected chi connectivity index (χ0v) is 25.3. The molecule has 0 unspecified atom stereocenters. The first-order valence-electron chi connectivity index (χ1n) is 14.6. The van der Waals surface area contributed by atoms with Gasteiger partial charge >= 0.3 is 0 Å². The van der Waals surface area contributed by atoms with Crippen molar-refractivity contribution in [3.05, 3.63) is 94.8 Å². The van der Waals surface area contributed by atoms with Gasteiger partial charge in [-0.15, -0.1) is 0 Å². The maximum Gasteiger partial charge on any atom is 0.263 e. The average Bonchev–Trinajstić information content (AvgIpc) is 3.06. The maximum absolute atomic E-state index is 13.6. The molecule has 0 radical (unpaired) electrons. The Balaban J connectivity index is 1.24. The Labute approximate surface area is 259 Å². The number of ether oxygens (including phenoxy) is 4. The minimum Gasteiger partial charge on any atom is -0.493 e. The van der Waals surface area contributed by atoms with E-state index in [1.54, 1.807) is 44.8 Å². The van der Waals surface area contributed by atoms with E-state index in [0.717, 1.165) is 24.0 Å². The lowest BCUT2D eigenvalue weighted by Crippen LogP contribution is -2.27. The third kappa shape index (κ3) is 6.63. The van der Waals surface area contributed by atoms with Gasteiger partial charge in [-0.05, 0) is 43.4 Å². The minimum atomic E-state index is -0.593. The molecule has 45 heavy (non-hydrogen) atoms. The van der Waals surface area contributed by atoms with Gasteiger partial charge in [0.25, 0.3) is 5.91 Å². The highest BCUT2D eigenvalue weighted by atomic mass is 16.5. The second-order valence-corrected chi connectivity index (χ2v) is 10.9. The summed E-state index contributed by atoms with van der Waals surface area (Å²) < 4.78 is 24.3. The number of aryl methyl sites for hydroxylation is 1. The van der Waals surface area contributed by atoms with Crippen molar-refractivity contribution >= 4 is 22.8 Å². The van der Waals surface area contributed by atoms with Crippen LogP contribution >= 0.6 is 0 Å². The van der Waals surface area contributed by atoms with Crippen LogP contribution in [0.3, 0.4) is 0 Å². The Morgan fingerprint density at radius 1 is 0.956 bits per heavy atom. The van der Waals surface area contributed by atoms with E-state index in [4.69, 9.17) is 18.9 Å². The molecule has 0 aliphatic carbocycles. The largest absolute Gasteiger partial charge is 0.493 e. The van der Waals surface area contributed by atoms with Crippen LogP contribution in [0.2, 0.25) is 0 Å². The van der Waals surface area contributed by atoms with Gasteiger partial charge in [-0.1, -0.05) is 29.8 Å². The van der Waals surface area contributed by atoms with Gasteiger partial charge in [0.05, 0.1) is 32.1 Å². The van der Waals surface area contributed by atoms with E-state index in [1.165, 1.54) is 12.4 Å². The van der Waals surface area contributed by atoms with Crippen molar-refractivity contribution in [2.24, 2.45) is 5.92 Å². The zero-order valence-electron chi connectivity index (χ0n) is 25.3. The fourth-order valence-electron chi connectivity index (χ4n) is 5.33. The first kappa shape index (κ1) is 29.8. The standard InChI is InChI=1S/C34H33N5O6/c1-21-4-6-23(7-5-21)26-19-39(18-22-9-12-44-13-10-22)20-27(32(26)40)33(41)38-34-36-16-24(17-37-34)45-29-8-11-35-28-15-31(43-3)30(42-2)14-25(28)29/h4-8,11,14-17,19-20,22H,9-10,12-13,18H2,1-3H3,(H,36,37,38,41). The van der Waals surface area contributed by atoms with Crippen LogP contribution in [-0.4, -0.2) is 52.9 Å². The first-order chi connectivity index (χ1) is 21.9. The number of nitrogens with one attached hydrogen (secondary N) is 1. The van der Waals surface area contributed by atoms with Crippen molar-refractivity contribution in [1.29, 1.82) is 0 Å². The van der Waals surface area contributed by atoms with Crippen molar-refractivity contribution in [3.63, 3.8) is 0 Å². The molecule has 11 nitrogen and oxygen atoms in total. The summed E-state index contributed by atoms with van der Waals surface area (Å²) in [4.78, 5) is 40.0. The van der Waals surface area contributed by atoms with Gasteiger partial charge in [-0.25, -0.2) is 9.97 Å². The predicted molar refractivity (Wildman–Crippen MR) is 169 cm³/mol. The van der Waals surface area contributed by atoms with Gasteiger partial charge < -0.3 is 23.5 Å². The highest BCUT2D eigenvalue weighted by molar-refractivity contribution is 6.03. The van der Waals surface area contributed by atoms with Gasteiger partial charge in [0.1, 0.15) is 11.3 Å². The lowest BCUT2D eigenvalue weighted by atomic mass is 9.99. The number of anilines is 1. The molecular formula is C34H33N5O6. The Bertz CT molecular complexity index is 1880. The summed E-state index contributed by atoms with van der Waals surface area (Å²) in [6.07, 6.45) is 9.80. The van der Waals surface area contributed by atoms with E-state index in [0.29, 0.717) is 65.1 Å². The third-order valence-corrected chi connectivity index (χ3v) is 7.78. The number of fused-ring (bicyclic) bond motifs is 1. The highest BCUT2D eigenvalue weighted by Gasteiger charge is 2.20. The number of carbonyl (C=O) groups is 1. The molecule has 1 fully saturated rings. The van der Waals surface area contributed by atoms with Crippen molar-refractivity contribution in [3.8, 4) is 34.1 Å². The van der Waals surface area contributed by atoms with Gasteiger partial charge in [0, 0.05) is 55.4 Å². The molecule has 3 aromatic heterocycles. The molecule has 11 heteroatoms. The number of rotatable bonds is 9. The zero-order chi connectivity index (χ0) is 31.3. The van der Waals surface area contributed by atoms with Crippen LogP contribution in [0.15, 0.2) is 78.2 Å². The van der Waals surface area contributed by atoms with Gasteiger partial charge in [-0.2, -0.15) is 0 Å². The van der Waals surface area contributed by atoms with Gasteiger partial charge in [-0.3, -0.25) is 19.9 Å². The van der Waals surface area contributed by atoms with Crippen LogP contribution in [0.25, 0.3) is 22.0 Å². The Morgan fingerprint density at radius 3 is 2.38 bits per heavy atom. The summed E-state index contributed by atoms with van der Waals surface area (Å²) in [5.74, 6) is 1.78. The fraction of sp³-hybridized carbons (Fsp3) is 0.265. The third-order valence-electron chi connectivity index (χ3n) is 7.78. The molecule has 4 heterocycles. The molecule has 1 amide bonds. The molecule has 0 bridgehead atoms. The summed E-state index contributed by atoms with van der Waals surface area (Å²) in [5, 5.41) is 3.38. The van der Waals surface area contributed by atoms with E-state index in [9.17, 15) is 9.59 Å². The summed E-state index contributed by atoms with van der Waals surface area (Å²) in [6.45, 7) is 4.08. The highest BCUT2D eigenvalue weighted by Crippen LogP contribution is 2.36. The van der Waals surface area contributed by atoms with E-state index in [-0.39, 0.29) is 16.9 Å². The summed E-state index contributed by atoms with van der Waals surface area (Å²) in [5.41, 5.74) is 2.59. The van der Waals surface area contributed by atoms with Gasteiger partial charge in [0.15, 0.2) is 17.2 Å². The second-order valence-electron chi connectivity index (χ2n) is 10.9. The lowest BCUT2D eigenvalue weighted by Gasteiger charge is -2.23. The number of benzene rings is 2. The normalized spacial score (nSPS) is 13.4. The van der Waals surface area contributed by atoms with Crippen LogP contribution < -0.4 is 25.0 Å². The van der Waals surface area contributed by atoms with E-state index in [2.05, 4.69) is 20.3 Å². The Morgan fingerprint density at radius 2 is 1.67 bits per heavy atom. The van der Waals surface area contributed by atoms with E-state index in [1.807, 2.05) is 42.0 Å². The first-order valence-corrected chi connectivity index (χ1v) is 14.6. The topological polar surface area (TPSA) is 127 Å². The average molecular weight is 608 g/mol. The minimum absolute atomic E-state index is 0.0108. The van der Waals surface area contributed by atoms with E-state index >= 15 is 0 Å². The number of aromatic nitrogens is 4. The second kappa shape index (κ2) is 13.1. The molecule has 0 atom stereocenters. The SMILES string of the molecule is COc1cc2nccc(Oc3cnc(NC(=O)c4cn(CC5CCOCC5)cc(-c5ccc(C)cc5)c4=O)nc3)c2cc1OC. The summed E-state index contributed by atoms with van der Waals surface area (Å²) in [7, 11) is 3.12. The molecule has 1 N–H and O–H groups in total. The molecule has 0 saturated carbocycles. The maximum atomic E-state index is 13.6. The monoisotopic (exact) mass is 607 g/mol. The molecule has 6 rings (SSSR count). The number of carbonyl (C=O) groups excluding carboxylic acids is 1. The van der Waals surface area contributed by atoms with Crippen LogP contribution in [0.1, 0.15) is 28.8 Å². The van der Waals surface area contributed by atoms with Crippen molar-refractivity contribution in [1.82, 2.24) is 19.5 Å². The number of amides is 1. The quantitative estimate of drug-likeness (QED) is 0.226. The molecule has 2 aromatic carbocycles. The Kier molecular flexibility index (Phi) is 8.70. The lowest BCUT2D eigenvalue weighted by molar-refractivity contribution is 0.0612. The molecule has 0 spiro atoms. The van der Waals surface area contributed by atoms with Crippen LogP contribution in [0.4, 0.5) is 5.95 Å².